The fraction of sp³-hybridized carbons (Fsp3) is 0.448. The van der Waals surface area contributed by atoms with Crippen molar-refractivity contribution in [2.45, 2.75) is 77.0 Å². The summed E-state index contributed by atoms with van der Waals surface area (Å²) in [5.74, 6) is 0.559. The summed E-state index contributed by atoms with van der Waals surface area (Å²) in [5.41, 5.74) is 11.4. The van der Waals surface area contributed by atoms with Gasteiger partial charge in [0.1, 0.15) is 0 Å². The van der Waals surface area contributed by atoms with Crippen LogP contribution in [-0.4, -0.2) is 0 Å². The Morgan fingerprint density at radius 2 is 1.45 bits per heavy atom. The lowest BCUT2D eigenvalue weighted by molar-refractivity contribution is 0.531. The number of fused-ring (bicyclic) bond motifs is 3. The van der Waals surface area contributed by atoms with Crippen LogP contribution in [0, 0.1) is 5.92 Å². The number of allylic oxidation sites excluding steroid dienone is 4. The van der Waals surface area contributed by atoms with Gasteiger partial charge in [-0.05, 0) is 69.0 Å². The molecule has 5 rings (SSSR count). The Kier molecular flexibility index (Phi) is 3.90. The summed E-state index contributed by atoms with van der Waals surface area (Å²) in [7, 11) is 0. The molecule has 0 heterocycles. The standard InChI is InChI=1S/C29H34/c1-27(2,3)21-11-12-22-19(17-21)18-24-23(22)13-14-25(28(4,5)6)26(24)29(15-16-29)20-9-7-8-10-20/h7-14,17,20H,15-16,18H2,1-6H3. The van der Waals surface area contributed by atoms with Crippen molar-refractivity contribution in [3.63, 3.8) is 0 Å². The van der Waals surface area contributed by atoms with E-state index in [1.165, 1.54) is 35.1 Å². The minimum Gasteiger partial charge on any atom is -0.0767 e. The molecule has 0 radical (unpaired) electrons. The summed E-state index contributed by atoms with van der Waals surface area (Å²) in [6.45, 7) is 14.1. The third-order valence-corrected chi connectivity index (χ3v) is 7.42. The minimum absolute atomic E-state index is 0.164. The van der Waals surface area contributed by atoms with Gasteiger partial charge >= 0.3 is 0 Å². The van der Waals surface area contributed by atoms with Gasteiger partial charge in [-0.1, -0.05) is 96.2 Å². The van der Waals surface area contributed by atoms with E-state index in [0.717, 1.165) is 6.42 Å². The molecule has 3 aliphatic rings. The van der Waals surface area contributed by atoms with Crippen molar-refractivity contribution in [1.82, 2.24) is 0 Å². The highest BCUT2D eigenvalue weighted by Gasteiger charge is 2.52. The Balaban J connectivity index is 1.71. The summed E-state index contributed by atoms with van der Waals surface area (Å²) >= 11 is 0. The first-order chi connectivity index (χ1) is 13.6. The van der Waals surface area contributed by atoms with E-state index in [4.69, 9.17) is 0 Å². The maximum atomic E-state index is 2.48. The van der Waals surface area contributed by atoms with Crippen LogP contribution in [0.1, 0.15) is 82.2 Å². The van der Waals surface area contributed by atoms with E-state index in [1.54, 1.807) is 16.7 Å². The van der Waals surface area contributed by atoms with Crippen LogP contribution in [0.4, 0.5) is 0 Å². The molecular formula is C29H34. The van der Waals surface area contributed by atoms with Crippen LogP contribution in [-0.2, 0) is 22.7 Å². The molecule has 2 aromatic rings. The Morgan fingerprint density at radius 3 is 2.03 bits per heavy atom. The highest BCUT2D eigenvalue weighted by molar-refractivity contribution is 5.80. The normalized spacial score (nSPS) is 19.5. The highest BCUT2D eigenvalue weighted by atomic mass is 14.6. The largest absolute Gasteiger partial charge is 0.0767 e. The van der Waals surface area contributed by atoms with Crippen LogP contribution in [0.15, 0.2) is 54.6 Å². The van der Waals surface area contributed by atoms with Gasteiger partial charge in [0.25, 0.3) is 0 Å². The second-order valence-corrected chi connectivity index (χ2v) is 11.5. The Hall–Kier alpha value is -2.08. The molecule has 0 bridgehead atoms. The van der Waals surface area contributed by atoms with E-state index < -0.39 is 0 Å². The predicted octanol–water partition coefficient (Wildman–Crippen LogP) is 7.63. The first-order valence-electron chi connectivity index (χ1n) is 11.3. The van der Waals surface area contributed by atoms with Gasteiger partial charge in [0, 0.05) is 11.3 Å². The highest BCUT2D eigenvalue weighted by Crippen LogP contribution is 2.60. The van der Waals surface area contributed by atoms with Crippen LogP contribution in [0.3, 0.4) is 0 Å². The molecular weight excluding hydrogens is 348 g/mol. The lowest BCUT2D eigenvalue weighted by Gasteiger charge is -2.32. The lowest BCUT2D eigenvalue weighted by Crippen LogP contribution is -2.25. The van der Waals surface area contributed by atoms with Gasteiger partial charge in [0.15, 0.2) is 0 Å². The zero-order valence-corrected chi connectivity index (χ0v) is 18.9. The molecule has 0 nitrogen and oxygen atoms in total. The van der Waals surface area contributed by atoms with Crippen molar-refractivity contribution < 1.29 is 0 Å². The third kappa shape index (κ3) is 2.87. The molecule has 1 fully saturated rings. The Bertz CT molecular complexity index is 1030. The van der Waals surface area contributed by atoms with Gasteiger partial charge in [-0.25, -0.2) is 0 Å². The average Bonchev–Trinajstić information content (AvgIpc) is 3.10. The van der Waals surface area contributed by atoms with E-state index >= 15 is 0 Å². The van der Waals surface area contributed by atoms with E-state index in [9.17, 15) is 0 Å². The molecule has 2 aromatic carbocycles. The van der Waals surface area contributed by atoms with Crippen LogP contribution < -0.4 is 0 Å². The first kappa shape index (κ1) is 18.9. The van der Waals surface area contributed by atoms with Gasteiger partial charge in [-0.2, -0.15) is 0 Å². The maximum Gasteiger partial charge on any atom is 0.00572 e. The number of benzene rings is 2. The topological polar surface area (TPSA) is 0 Å². The number of hydrogen-bond donors (Lipinski definition) is 0. The molecule has 1 saturated carbocycles. The number of rotatable bonds is 2. The molecule has 0 aromatic heterocycles. The van der Waals surface area contributed by atoms with Crippen molar-refractivity contribution >= 4 is 0 Å². The van der Waals surface area contributed by atoms with Crippen LogP contribution in [0.2, 0.25) is 0 Å². The van der Waals surface area contributed by atoms with Gasteiger partial charge < -0.3 is 0 Å². The molecule has 150 valence electrons. The van der Waals surface area contributed by atoms with Crippen LogP contribution >= 0.6 is 0 Å². The quantitative estimate of drug-likeness (QED) is 0.427. The second-order valence-electron chi connectivity index (χ2n) is 11.5. The summed E-state index contributed by atoms with van der Waals surface area (Å²) < 4.78 is 0. The summed E-state index contributed by atoms with van der Waals surface area (Å²) in [5, 5.41) is 0. The van der Waals surface area contributed by atoms with Gasteiger partial charge in [-0.15, -0.1) is 0 Å². The average molecular weight is 383 g/mol. The van der Waals surface area contributed by atoms with Crippen molar-refractivity contribution in [2.24, 2.45) is 5.92 Å². The Labute approximate surface area is 176 Å². The zero-order valence-electron chi connectivity index (χ0n) is 18.9. The summed E-state index contributed by atoms with van der Waals surface area (Å²) in [6.07, 6.45) is 13.1. The summed E-state index contributed by atoms with van der Waals surface area (Å²) in [6, 6.07) is 12.1. The Morgan fingerprint density at radius 1 is 0.793 bits per heavy atom. The molecule has 0 N–H and O–H groups in total. The molecule has 3 aliphatic carbocycles. The first-order valence-corrected chi connectivity index (χ1v) is 11.3. The molecule has 0 amide bonds. The van der Waals surface area contributed by atoms with Crippen LogP contribution in [0.5, 0.6) is 0 Å². The fourth-order valence-electron chi connectivity index (χ4n) is 5.62. The molecule has 0 saturated heterocycles. The summed E-state index contributed by atoms with van der Waals surface area (Å²) in [4.78, 5) is 0. The lowest BCUT2D eigenvalue weighted by atomic mass is 9.71. The predicted molar refractivity (Wildman–Crippen MR) is 125 cm³/mol. The second kappa shape index (κ2) is 5.97. The van der Waals surface area contributed by atoms with E-state index in [0.29, 0.717) is 11.3 Å². The van der Waals surface area contributed by atoms with Crippen LogP contribution in [0.25, 0.3) is 11.1 Å². The SMILES string of the molecule is CC(C)(C)c1ccc2c(c1)Cc1c-2ccc(C(C)(C)C)c1C1(C2C=CC=C2)CC1. The van der Waals surface area contributed by atoms with Crippen molar-refractivity contribution in [2.75, 3.05) is 0 Å². The molecule has 0 atom stereocenters. The molecule has 0 aliphatic heterocycles. The maximum absolute atomic E-state index is 2.48. The third-order valence-electron chi connectivity index (χ3n) is 7.42. The van der Waals surface area contributed by atoms with Crippen molar-refractivity contribution in [3.8, 4) is 11.1 Å². The molecule has 0 unspecified atom stereocenters. The van der Waals surface area contributed by atoms with Gasteiger partial charge in [0.2, 0.25) is 0 Å². The molecule has 0 heteroatoms. The smallest absolute Gasteiger partial charge is 0.00572 e. The van der Waals surface area contributed by atoms with Gasteiger partial charge in [-0.3, -0.25) is 0 Å². The fourth-order valence-corrected chi connectivity index (χ4v) is 5.62. The molecule has 29 heavy (non-hydrogen) atoms. The van der Waals surface area contributed by atoms with E-state index in [2.05, 4.69) is 96.2 Å². The molecule has 0 spiro atoms. The zero-order chi connectivity index (χ0) is 20.6. The minimum atomic E-state index is 0.164. The van der Waals surface area contributed by atoms with Crippen molar-refractivity contribution in [1.29, 1.82) is 0 Å². The van der Waals surface area contributed by atoms with Gasteiger partial charge in [0.05, 0.1) is 0 Å². The number of hydrogen-bond acceptors (Lipinski definition) is 0. The van der Waals surface area contributed by atoms with E-state index in [1.807, 2.05) is 0 Å². The van der Waals surface area contributed by atoms with Crippen molar-refractivity contribution in [3.05, 3.63) is 82.5 Å². The monoisotopic (exact) mass is 382 g/mol. The van der Waals surface area contributed by atoms with E-state index in [-0.39, 0.29) is 10.8 Å².